The molecule has 23 heavy (non-hydrogen) atoms. The zero-order chi connectivity index (χ0) is 16.5. The van der Waals surface area contributed by atoms with Crippen LogP contribution in [0.2, 0.25) is 0 Å². The van der Waals surface area contributed by atoms with E-state index in [1.54, 1.807) is 6.07 Å². The summed E-state index contributed by atoms with van der Waals surface area (Å²) in [6, 6.07) is 5.77. The second-order valence-corrected chi connectivity index (χ2v) is 6.38. The van der Waals surface area contributed by atoms with Crippen LogP contribution < -0.4 is 10.1 Å². The van der Waals surface area contributed by atoms with Gasteiger partial charge in [0.15, 0.2) is 0 Å². The SMILES string of the molecule is CNCCCc1cc(OCC2CCCCC2)cc(C(=O)OC)c1. The van der Waals surface area contributed by atoms with Gasteiger partial charge in [0, 0.05) is 0 Å². The topological polar surface area (TPSA) is 47.6 Å². The van der Waals surface area contributed by atoms with Crippen molar-refractivity contribution in [3.8, 4) is 5.75 Å². The Bertz CT molecular complexity index is 495. The molecule has 0 spiro atoms. The molecule has 0 amide bonds. The van der Waals surface area contributed by atoms with Crippen LogP contribution in [0.15, 0.2) is 18.2 Å². The summed E-state index contributed by atoms with van der Waals surface area (Å²) in [5.74, 6) is 1.14. The molecule has 0 heterocycles. The lowest BCUT2D eigenvalue weighted by Crippen LogP contribution is -2.15. The smallest absolute Gasteiger partial charge is 0.337 e. The standard InChI is InChI=1S/C19H29NO3/c1-20-10-6-9-16-11-17(19(21)22-2)13-18(12-16)23-14-15-7-4-3-5-8-15/h11-13,15,20H,3-10,14H2,1-2H3. The van der Waals surface area contributed by atoms with E-state index in [-0.39, 0.29) is 5.97 Å². The molecule has 1 aromatic rings. The number of aryl methyl sites for hydroxylation is 1. The van der Waals surface area contributed by atoms with Crippen molar-refractivity contribution in [2.24, 2.45) is 5.92 Å². The highest BCUT2D eigenvalue weighted by molar-refractivity contribution is 5.90. The van der Waals surface area contributed by atoms with Crippen molar-refractivity contribution in [3.05, 3.63) is 29.3 Å². The Hall–Kier alpha value is -1.55. The Morgan fingerprint density at radius 3 is 2.70 bits per heavy atom. The van der Waals surface area contributed by atoms with Crippen LogP contribution in [0.25, 0.3) is 0 Å². The second-order valence-electron chi connectivity index (χ2n) is 6.38. The number of rotatable bonds is 8. The van der Waals surface area contributed by atoms with Crippen molar-refractivity contribution in [3.63, 3.8) is 0 Å². The molecular formula is C19H29NO3. The van der Waals surface area contributed by atoms with Crippen LogP contribution in [0.5, 0.6) is 5.75 Å². The van der Waals surface area contributed by atoms with Gasteiger partial charge < -0.3 is 14.8 Å². The van der Waals surface area contributed by atoms with E-state index in [0.29, 0.717) is 11.5 Å². The first-order valence-corrected chi connectivity index (χ1v) is 8.72. The maximum atomic E-state index is 11.9. The monoisotopic (exact) mass is 319 g/mol. The molecule has 4 heteroatoms. The predicted molar refractivity (Wildman–Crippen MR) is 92.1 cm³/mol. The number of methoxy groups -OCH3 is 1. The number of carbonyl (C=O) groups excluding carboxylic acids is 1. The van der Waals surface area contributed by atoms with Crippen LogP contribution in [-0.4, -0.2) is 33.3 Å². The van der Waals surface area contributed by atoms with E-state index < -0.39 is 0 Å². The first-order valence-electron chi connectivity index (χ1n) is 8.72. The highest BCUT2D eigenvalue weighted by atomic mass is 16.5. The average molecular weight is 319 g/mol. The molecular weight excluding hydrogens is 290 g/mol. The molecule has 1 aliphatic rings. The summed E-state index contributed by atoms with van der Waals surface area (Å²) in [4.78, 5) is 11.9. The minimum atomic E-state index is -0.303. The van der Waals surface area contributed by atoms with Crippen molar-refractivity contribution >= 4 is 5.97 Å². The van der Waals surface area contributed by atoms with Gasteiger partial charge in [-0.05, 0) is 69.0 Å². The molecule has 0 aromatic heterocycles. The Balaban J connectivity index is 2.02. The molecule has 1 N–H and O–H groups in total. The van der Waals surface area contributed by atoms with Crippen LogP contribution in [0.4, 0.5) is 0 Å². The van der Waals surface area contributed by atoms with Gasteiger partial charge in [-0.1, -0.05) is 19.3 Å². The third kappa shape index (κ3) is 5.87. The van der Waals surface area contributed by atoms with Crippen molar-refractivity contribution in [2.45, 2.75) is 44.9 Å². The van der Waals surface area contributed by atoms with E-state index in [1.807, 2.05) is 13.1 Å². The molecule has 0 saturated heterocycles. The van der Waals surface area contributed by atoms with Gasteiger partial charge in [-0.3, -0.25) is 0 Å². The summed E-state index contributed by atoms with van der Waals surface area (Å²) < 4.78 is 10.9. The first-order chi connectivity index (χ1) is 11.2. The van der Waals surface area contributed by atoms with Gasteiger partial charge in [-0.15, -0.1) is 0 Å². The number of carbonyl (C=O) groups is 1. The van der Waals surface area contributed by atoms with Gasteiger partial charge in [0.2, 0.25) is 0 Å². The van der Waals surface area contributed by atoms with Gasteiger partial charge in [-0.25, -0.2) is 4.79 Å². The average Bonchev–Trinajstić information content (AvgIpc) is 2.60. The summed E-state index contributed by atoms with van der Waals surface area (Å²) in [5.41, 5.74) is 1.70. The Kier molecular flexibility index (Phi) is 7.40. The molecule has 128 valence electrons. The maximum absolute atomic E-state index is 11.9. The molecule has 2 rings (SSSR count). The Morgan fingerprint density at radius 2 is 2.00 bits per heavy atom. The van der Waals surface area contributed by atoms with Crippen molar-refractivity contribution < 1.29 is 14.3 Å². The van der Waals surface area contributed by atoms with Gasteiger partial charge in [0.05, 0.1) is 19.3 Å². The fourth-order valence-corrected chi connectivity index (χ4v) is 3.16. The first kappa shape index (κ1) is 17.8. The van der Waals surface area contributed by atoms with E-state index in [1.165, 1.54) is 39.2 Å². The van der Waals surface area contributed by atoms with Crippen LogP contribution in [0, 0.1) is 5.92 Å². The largest absolute Gasteiger partial charge is 0.493 e. The van der Waals surface area contributed by atoms with Crippen LogP contribution in [0.3, 0.4) is 0 Å². The summed E-state index contributed by atoms with van der Waals surface area (Å²) in [6.07, 6.45) is 8.44. The van der Waals surface area contributed by atoms with Crippen molar-refractivity contribution in [2.75, 3.05) is 27.3 Å². The van der Waals surface area contributed by atoms with Gasteiger partial charge in [-0.2, -0.15) is 0 Å². The zero-order valence-electron chi connectivity index (χ0n) is 14.4. The predicted octanol–water partition coefficient (Wildman–Crippen LogP) is 3.58. The number of ether oxygens (including phenoxy) is 2. The lowest BCUT2D eigenvalue weighted by atomic mass is 9.90. The molecule has 1 saturated carbocycles. The summed E-state index contributed by atoms with van der Waals surface area (Å²) >= 11 is 0. The molecule has 4 nitrogen and oxygen atoms in total. The molecule has 1 aliphatic carbocycles. The Labute approximate surface area is 139 Å². The molecule has 0 radical (unpaired) electrons. The third-order valence-electron chi connectivity index (χ3n) is 4.49. The van der Waals surface area contributed by atoms with E-state index in [4.69, 9.17) is 9.47 Å². The van der Waals surface area contributed by atoms with E-state index >= 15 is 0 Å². The number of nitrogens with one attached hydrogen (secondary N) is 1. The summed E-state index contributed by atoms with van der Waals surface area (Å²) in [5, 5.41) is 3.15. The lowest BCUT2D eigenvalue weighted by Gasteiger charge is -2.22. The maximum Gasteiger partial charge on any atom is 0.337 e. The van der Waals surface area contributed by atoms with Gasteiger partial charge >= 0.3 is 5.97 Å². The molecule has 1 aromatic carbocycles. The van der Waals surface area contributed by atoms with Crippen molar-refractivity contribution in [1.82, 2.24) is 5.32 Å². The van der Waals surface area contributed by atoms with Crippen LogP contribution in [-0.2, 0) is 11.2 Å². The van der Waals surface area contributed by atoms with Gasteiger partial charge in [0.1, 0.15) is 5.75 Å². The minimum Gasteiger partial charge on any atom is -0.493 e. The summed E-state index contributed by atoms with van der Waals surface area (Å²) in [7, 11) is 3.36. The number of benzene rings is 1. The molecule has 0 atom stereocenters. The number of hydrogen-bond acceptors (Lipinski definition) is 4. The van der Waals surface area contributed by atoms with E-state index in [0.717, 1.165) is 37.3 Å². The van der Waals surface area contributed by atoms with Crippen LogP contribution in [0.1, 0.15) is 54.4 Å². The quantitative estimate of drug-likeness (QED) is 0.588. The molecule has 1 fully saturated rings. The molecule has 0 bridgehead atoms. The number of hydrogen-bond donors (Lipinski definition) is 1. The minimum absolute atomic E-state index is 0.303. The van der Waals surface area contributed by atoms with E-state index in [9.17, 15) is 4.79 Å². The van der Waals surface area contributed by atoms with E-state index in [2.05, 4.69) is 11.4 Å². The fourth-order valence-electron chi connectivity index (χ4n) is 3.16. The van der Waals surface area contributed by atoms with Crippen molar-refractivity contribution in [1.29, 1.82) is 0 Å². The summed E-state index contributed by atoms with van der Waals surface area (Å²) in [6.45, 7) is 1.71. The highest BCUT2D eigenvalue weighted by Gasteiger charge is 2.15. The fraction of sp³-hybridized carbons (Fsp3) is 0.632. The lowest BCUT2D eigenvalue weighted by molar-refractivity contribution is 0.0600. The third-order valence-corrected chi connectivity index (χ3v) is 4.49. The zero-order valence-corrected chi connectivity index (χ0v) is 14.4. The second kappa shape index (κ2) is 9.56. The van der Waals surface area contributed by atoms with Crippen LogP contribution >= 0.6 is 0 Å². The highest BCUT2D eigenvalue weighted by Crippen LogP contribution is 2.26. The molecule has 0 aliphatic heterocycles. The number of esters is 1. The Morgan fingerprint density at radius 1 is 1.22 bits per heavy atom. The molecule has 0 unspecified atom stereocenters. The normalized spacial score (nSPS) is 15.4. The van der Waals surface area contributed by atoms with Gasteiger partial charge in [0.25, 0.3) is 0 Å².